The summed E-state index contributed by atoms with van der Waals surface area (Å²) in [5.41, 5.74) is 1.40. The number of carbonyl (C=O) groups excluding carboxylic acids is 2. The predicted octanol–water partition coefficient (Wildman–Crippen LogP) is 2.84. The average molecular weight is 421 g/mol. The fourth-order valence-corrected chi connectivity index (χ4v) is 4.51. The molecule has 0 spiro atoms. The van der Waals surface area contributed by atoms with Crippen LogP contribution >= 0.6 is 0 Å². The molecule has 6 heteroatoms. The van der Waals surface area contributed by atoms with Gasteiger partial charge in [0.2, 0.25) is 0 Å². The Kier molecular flexibility index (Phi) is 6.99. The topological polar surface area (TPSA) is 47.1 Å². The lowest BCUT2D eigenvalue weighted by molar-refractivity contribution is -0.145. The quantitative estimate of drug-likeness (QED) is 0.714. The zero-order valence-electron chi connectivity index (χ0n) is 18.3. The van der Waals surface area contributed by atoms with Gasteiger partial charge in [0.15, 0.2) is 0 Å². The smallest absolute Gasteiger partial charge is 0.321 e. The van der Waals surface area contributed by atoms with Gasteiger partial charge in [0.1, 0.15) is 0 Å². The minimum Gasteiger partial charge on any atom is -0.332 e. The van der Waals surface area contributed by atoms with Gasteiger partial charge in [-0.3, -0.25) is 19.4 Å². The zero-order valence-corrected chi connectivity index (χ0v) is 18.3. The summed E-state index contributed by atoms with van der Waals surface area (Å²) in [6.45, 7) is 6.33. The average Bonchev–Trinajstić information content (AvgIpc) is 2.82. The summed E-state index contributed by atoms with van der Waals surface area (Å²) < 4.78 is 0. The SMILES string of the molecule is CN1CCC(CN2CCN(C(=O)C(=O)N(c3ccccc3)c3ccccc3)CC2)CC1. The van der Waals surface area contributed by atoms with Gasteiger partial charge in [-0.05, 0) is 63.2 Å². The van der Waals surface area contributed by atoms with Gasteiger partial charge >= 0.3 is 11.8 Å². The molecule has 2 fully saturated rings. The van der Waals surface area contributed by atoms with Crippen LogP contribution in [0.3, 0.4) is 0 Å². The molecule has 2 aliphatic rings. The molecule has 4 rings (SSSR count). The summed E-state index contributed by atoms with van der Waals surface area (Å²) in [5.74, 6) is -0.181. The van der Waals surface area contributed by atoms with Crippen LogP contribution in [0.25, 0.3) is 0 Å². The van der Waals surface area contributed by atoms with E-state index in [-0.39, 0.29) is 0 Å². The normalized spacial score (nSPS) is 18.7. The van der Waals surface area contributed by atoms with E-state index in [9.17, 15) is 9.59 Å². The van der Waals surface area contributed by atoms with Crippen molar-refractivity contribution in [2.45, 2.75) is 12.8 Å². The van der Waals surface area contributed by atoms with Crippen LogP contribution in [0.15, 0.2) is 60.7 Å². The predicted molar refractivity (Wildman–Crippen MR) is 123 cm³/mol. The van der Waals surface area contributed by atoms with E-state index in [0.29, 0.717) is 24.5 Å². The number of hydrogen-bond acceptors (Lipinski definition) is 4. The van der Waals surface area contributed by atoms with E-state index in [1.165, 1.54) is 30.8 Å². The first kappa shape index (κ1) is 21.5. The third-order valence-electron chi connectivity index (χ3n) is 6.43. The Morgan fingerprint density at radius 3 is 1.84 bits per heavy atom. The van der Waals surface area contributed by atoms with Crippen molar-refractivity contribution in [2.24, 2.45) is 5.92 Å². The Hall–Kier alpha value is -2.70. The number of rotatable bonds is 4. The number of likely N-dealkylation sites (tertiary alicyclic amines) is 1. The summed E-state index contributed by atoms with van der Waals surface area (Å²) in [4.78, 5) is 34.5. The van der Waals surface area contributed by atoms with Gasteiger partial charge in [0.05, 0.1) is 0 Å². The van der Waals surface area contributed by atoms with Crippen molar-refractivity contribution in [3.05, 3.63) is 60.7 Å². The second-order valence-corrected chi connectivity index (χ2v) is 8.65. The molecule has 2 aromatic carbocycles. The van der Waals surface area contributed by atoms with Gasteiger partial charge in [-0.2, -0.15) is 0 Å². The molecule has 0 aromatic heterocycles. The summed E-state index contributed by atoms with van der Waals surface area (Å²) in [6.07, 6.45) is 2.49. The molecule has 0 bridgehead atoms. The molecule has 0 unspecified atom stereocenters. The van der Waals surface area contributed by atoms with E-state index in [1.807, 2.05) is 60.7 Å². The fraction of sp³-hybridized carbons (Fsp3) is 0.440. The molecular weight excluding hydrogens is 388 g/mol. The van der Waals surface area contributed by atoms with Crippen LogP contribution in [0.4, 0.5) is 11.4 Å². The first-order valence-electron chi connectivity index (χ1n) is 11.3. The highest BCUT2D eigenvalue weighted by atomic mass is 16.2. The van der Waals surface area contributed by atoms with E-state index >= 15 is 0 Å². The highest BCUT2D eigenvalue weighted by Gasteiger charge is 2.32. The van der Waals surface area contributed by atoms with Crippen molar-refractivity contribution >= 4 is 23.2 Å². The number of piperidine rings is 1. The molecule has 0 saturated carbocycles. The lowest BCUT2D eigenvalue weighted by Gasteiger charge is -2.38. The molecule has 0 N–H and O–H groups in total. The Labute approximate surface area is 185 Å². The Morgan fingerprint density at radius 1 is 0.806 bits per heavy atom. The van der Waals surface area contributed by atoms with Crippen LogP contribution in [0.5, 0.6) is 0 Å². The van der Waals surface area contributed by atoms with Crippen molar-refractivity contribution in [3.8, 4) is 0 Å². The maximum Gasteiger partial charge on any atom is 0.321 e. The summed E-state index contributed by atoms with van der Waals surface area (Å²) in [5, 5.41) is 0. The van der Waals surface area contributed by atoms with Gasteiger partial charge in [-0.15, -0.1) is 0 Å². The van der Waals surface area contributed by atoms with Crippen LogP contribution in [0, 0.1) is 5.92 Å². The minimum atomic E-state index is -0.499. The first-order valence-corrected chi connectivity index (χ1v) is 11.3. The number of carbonyl (C=O) groups is 2. The summed E-state index contributed by atoms with van der Waals surface area (Å²) >= 11 is 0. The molecule has 164 valence electrons. The van der Waals surface area contributed by atoms with Crippen molar-refractivity contribution < 1.29 is 9.59 Å². The number of hydrogen-bond donors (Lipinski definition) is 0. The highest BCUT2D eigenvalue weighted by Crippen LogP contribution is 2.26. The van der Waals surface area contributed by atoms with Crippen LogP contribution in [0.1, 0.15) is 12.8 Å². The molecular formula is C25H32N4O2. The standard InChI is InChI=1S/C25H32N4O2/c1-26-14-12-21(13-15-26)20-27-16-18-28(19-17-27)24(30)25(31)29(22-8-4-2-5-9-22)23-10-6-3-7-11-23/h2-11,21H,12-20H2,1H3. The Bertz CT molecular complexity index is 818. The Morgan fingerprint density at radius 2 is 1.32 bits per heavy atom. The zero-order chi connectivity index (χ0) is 21.6. The number of benzene rings is 2. The van der Waals surface area contributed by atoms with E-state index < -0.39 is 11.8 Å². The molecule has 2 amide bonds. The van der Waals surface area contributed by atoms with Gasteiger partial charge in [0.25, 0.3) is 0 Å². The lowest BCUT2D eigenvalue weighted by Crippen LogP contribution is -2.53. The molecule has 0 radical (unpaired) electrons. The molecule has 31 heavy (non-hydrogen) atoms. The van der Waals surface area contributed by atoms with E-state index in [0.717, 1.165) is 25.6 Å². The summed E-state index contributed by atoms with van der Waals surface area (Å²) in [7, 11) is 2.19. The van der Waals surface area contributed by atoms with Crippen molar-refractivity contribution in [1.29, 1.82) is 0 Å². The van der Waals surface area contributed by atoms with E-state index in [2.05, 4.69) is 16.8 Å². The Balaban J connectivity index is 1.38. The number of anilines is 2. The van der Waals surface area contributed by atoms with Gasteiger partial charge in [-0.1, -0.05) is 36.4 Å². The lowest BCUT2D eigenvalue weighted by atomic mass is 9.96. The number of nitrogens with zero attached hydrogens (tertiary/aromatic N) is 4. The van der Waals surface area contributed by atoms with Gasteiger partial charge in [-0.25, -0.2) is 0 Å². The van der Waals surface area contributed by atoms with Crippen LogP contribution < -0.4 is 4.90 Å². The fourth-order valence-electron chi connectivity index (χ4n) is 4.51. The largest absolute Gasteiger partial charge is 0.332 e. The van der Waals surface area contributed by atoms with Crippen LogP contribution in [-0.2, 0) is 9.59 Å². The second kappa shape index (κ2) is 10.1. The molecule has 2 aromatic rings. The van der Waals surface area contributed by atoms with E-state index in [4.69, 9.17) is 0 Å². The van der Waals surface area contributed by atoms with Crippen LogP contribution in [-0.4, -0.2) is 79.4 Å². The second-order valence-electron chi connectivity index (χ2n) is 8.65. The van der Waals surface area contributed by atoms with E-state index in [1.54, 1.807) is 4.90 Å². The maximum atomic E-state index is 13.3. The molecule has 2 heterocycles. The molecule has 2 aliphatic heterocycles. The molecule has 0 aliphatic carbocycles. The third kappa shape index (κ3) is 5.32. The number of amides is 2. The molecule has 6 nitrogen and oxygen atoms in total. The number of piperazine rings is 1. The van der Waals surface area contributed by atoms with Crippen molar-refractivity contribution in [2.75, 3.05) is 57.8 Å². The molecule has 0 atom stereocenters. The van der Waals surface area contributed by atoms with Crippen molar-refractivity contribution in [3.63, 3.8) is 0 Å². The third-order valence-corrected chi connectivity index (χ3v) is 6.43. The van der Waals surface area contributed by atoms with Crippen molar-refractivity contribution in [1.82, 2.24) is 14.7 Å². The van der Waals surface area contributed by atoms with Gasteiger partial charge in [0, 0.05) is 44.1 Å². The molecule has 2 saturated heterocycles. The monoisotopic (exact) mass is 420 g/mol. The van der Waals surface area contributed by atoms with Gasteiger partial charge < -0.3 is 9.80 Å². The minimum absolute atomic E-state index is 0.424. The summed E-state index contributed by atoms with van der Waals surface area (Å²) in [6, 6.07) is 18.8. The van der Waals surface area contributed by atoms with Crippen LogP contribution in [0.2, 0.25) is 0 Å². The maximum absolute atomic E-state index is 13.3. The first-order chi connectivity index (χ1) is 15.1. The highest BCUT2D eigenvalue weighted by molar-refractivity contribution is 6.42. The number of para-hydroxylation sites is 2.